The fourth-order valence-corrected chi connectivity index (χ4v) is 6.33. The summed E-state index contributed by atoms with van der Waals surface area (Å²) in [6.07, 6.45) is 2.06. The summed E-state index contributed by atoms with van der Waals surface area (Å²) >= 11 is 6.10. The van der Waals surface area contributed by atoms with Crippen molar-refractivity contribution in [3.63, 3.8) is 0 Å². The Hall–Kier alpha value is -4.34. The summed E-state index contributed by atoms with van der Waals surface area (Å²) < 4.78 is 35.1. The number of halogens is 1. The van der Waals surface area contributed by atoms with Gasteiger partial charge in [-0.3, -0.25) is 13.9 Å². The van der Waals surface area contributed by atoms with E-state index in [0.717, 1.165) is 22.7 Å². The number of nitrogens with one attached hydrogen (secondary N) is 1. The molecule has 0 radical (unpaired) electrons. The number of anilines is 1. The first-order chi connectivity index (χ1) is 21.7. The summed E-state index contributed by atoms with van der Waals surface area (Å²) in [4.78, 5) is 29.0. The lowest BCUT2D eigenvalue weighted by molar-refractivity contribution is -0.140. The highest BCUT2D eigenvalue weighted by Crippen LogP contribution is 2.29. The van der Waals surface area contributed by atoms with Crippen LogP contribution in [0.4, 0.5) is 5.69 Å². The summed E-state index contributed by atoms with van der Waals surface area (Å²) in [7, 11) is -4.18. The van der Waals surface area contributed by atoms with Crippen LogP contribution in [0.5, 0.6) is 11.5 Å². The Labute approximate surface area is 270 Å². The fraction of sp³-hybridized carbons (Fsp3) is 0.257. The zero-order valence-electron chi connectivity index (χ0n) is 25.4. The molecule has 0 aliphatic heterocycles. The van der Waals surface area contributed by atoms with E-state index in [1.807, 2.05) is 44.2 Å². The van der Waals surface area contributed by atoms with Crippen molar-refractivity contribution in [2.24, 2.45) is 0 Å². The van der Waals surface area contributed by atoms with Gasteiger partial charge in [0.05, 0.1) is 10.6 Å². The molecule has 45 heavy (non-hydrogen) atoms. The molecule has 0 spiro atoms. The Morgan fingerprint density at radius 1 is 0.822 bits per heavy atom. The number of amides is 2. The molecule has 0 aromatic heterocycles. The largest absolute Gasteiger partial charge is 0.457 e. The topological polar surface area (TPSA) is 96.0 Å². The number of para-hydroxylation sites is 1. The van der Waals surface area contributed by atoms with Gasteiger partial charge in [0, 0.05) is 18.1 Å². The minimum Gasteiger partial charge on any atom is -0.457 e. The van der Waals surface area contributed by atoms with E-state index >= 15 is 0 Å². The number of carbonyl (C=O) groups excluding carboxylic acids is 2. The van der Waals surface area contributed by atoms with Crippen LogP contribution in [0.2, 0.25) is 5.02 Å². The van der Waals surface area contributed by atoms with E-state index in [9.17, 15) is 18.0 Å². The molecule has 8 nitrogen and oxygen atoms in total. The monoisotopic (exact) mass is 647 g/mol. The summed E-state index contributed by atoms with van der Waals surface area (Å²) in [5.41, 5.74) is 1.03. The first kappa shape index (κ1) is 33.6. The molecule has 236 valence electrons. The van der Waals surface area contributed by atoms with Crippen LogP contribution in [0.25, 0.3) is 0 Å². The number of benzene rings is 4. The molecule has 0 saturated carbocycles. The Morgan fingerprint density at radius 3 is 2.02 bits per heavy atom. The molecule has 0 heterocycles. The minimum atomic E-state index is -4.18. The van der Waals surface area contributed by atoms with Crippen molar-refractivity contribution < 1.29 is 22.7 Å². The second-order valence-electron chi connectivity index (χ2n) is 10.5. The van der Waals surface area contributed by atoms with Crippen LogP contribution in [-0.2, 0) is 26.2 Å². The molecule has 2 amide bonds. The lowest BCUT2D eigenvalue weighted by Crippen LogP contribution is -2.52. The minimum absolute atomic E-state index is 0.0380. The molecular weight excluding hydrogens is 610 g/mol. The molecule has 4 aromatic rings. The van der Waals surface area contributed by atoms with Gasteiger partial charge in [0.15, 0.2) is 0 Å². The number of carbonyl (C=O) groups is 2. The highest BCUT2D eigenvalue weighted by Gasteiger charge is 2.33. The zero-order chi connectivity index (χ0) is 32.2. The van der Waals surface area contributed by atoms with Crippen LogP contribution in [0.15, 0.2) is 114 Å². The quantitative estimate of drug-likeness (QED) is 0.140. The first-order valence-electron chi connectivity index (χ1n) is 14.9. The molecule has 0 saturated heterocycles. The van der Waals surface area contributed by atoms with Gasteiger partial charge >= 0.3 is 0 Å². The van der Waals surface area contributed by atoms with E-state index in [4.69, 9.17) is 16.3 Å². The van der Waals surface area contributed by atoms with E-state index in [-0.39, 0.29) is 23.0 Å². The van der Waals surface area contributed by atoms with Crippen LogP contribution in [-0.4, -0.2) is 44.3 Å². The summed E-state index contributed by atoms with van der Waals surface area (Å²) in [5.74, 6) is 0.335. The second-order valence-corrected chi connectivity index (χ2v) is 12.7. The highest BCUT2D eigenvalue weighted by molar-refractivity contribution is 7.92. The Balaban J connectivity index is 1.69. The number of hydrogen-bond acceptors (Lipinski definition) is 5. The van der Waals surface area contributed by atoms with Crippen molar-refractivity contribution in [2.75, 3.05) is 17.4 Å². The van der Waals surface area contributed by atoms with E-state index in [1.54, 1.807) is 66.7 Å². The lowest BCUT2D eigenvalue weighted by atomic mass is 10.1. The fourth-order valence-electron chi connectivity index (χ4n) is 4.77. The van der Waals surface area contributed by atoms with Gasteiger partial charge in [-0.1, -0.05) is 80.4 Å². The van der Waals surface area contributed by atoms with E-state index in [2.05, 4.69) is 5.32 Å². The van der Waals surface area contributed by atoms with Crippen LogP contribution in [0, 0.1) is 0 Å². The molecular formula is C35H38ClN3O5S. The average molecular weight is 648 g/mol. The van der Waals surface area contributed by atoms with Gasteiger partial charge in [-0.05, 0) is 79.1 Å². The maximum atomic E-state index is 14.2. The van der Waals surface area contributed by atoms with Crippen molar-refractivity contribution in [1.29, 1.82) is 0 Å². The van der Waals surface area contributed by atoms with Gasteiger partial charge in [0.2, 0.25) is 11.8 Å². The molecule has 0 aliphatic rings. The Morgan fingerprint density at radius 2 is 1.42 bits per heavy atom. The van der Waals surface area contributed by atoms with Gasteiger partial charge in [0.25, 0.3) is 10.0 Å². The van der Waals surface area contributed by atoms with Gasteiger partial charge in [-0.2, -0.15) is 0 Å². The van der Waals surface area contributed by atoms with Crippen LogP contribution in [0.1, 0.15) is 38.7 Å². The standard InChI is InChI=1S/C35H38ClN3O5S/c1-3-5-24-37-35(41)33(4-2)38(25-27-16-18-28(36)19-17-27)34(40)26-39(45(42,43)32-14-10-7-11-15-32)29-20-22-31(23-21-29)44-30-12-8-6-9-13-30/h6-23,33H,3-5,24-26H2,1-2H3,(H,37,41)/t33-/m0/s1. The van der Waals surface area contributed by atoms with Gasteiger partial charge < -0.3 is 15.0 Å². The van der Waals surface area contributed by atoms with Gasteiger partial charge in [0.1, 0.15) is 24.1 Å². The third-order valence-corrected chi connectivity index (χ3v) is 9.24. The summed E-state index contributed by atoms with van der Waals surface area (Å²) in [6, 6.07) is 29.9. The van der Waals surface area contributed by atoms with Crippen LogP contribution < -0.4 is 14.4 Å². The predicted molar refractivity (Wildman–Crippen MR) is 178 cm³/mol. The molecule has 0 bridgehead atoms. The van der Waals surface area contributed by atoms with Crippen molar-refractivity contribution in [3.8, 4) is 11.5 Å². The predicted octanol–water partition coefficient (Wildman–Crippen LogP) is 7.05. The lowest BCUT2D eigenvalue weighted by Gasteiger charge is -2.33. The van der Waals surface area contributed by atoms with Gasteiger partial charge in [-0.25, -0.2) is 8.42 Å². The van der Waals surface area contributed by atoms with Crippen molar-refractivity contribution >= 4 is 39.1 Å². The van der Waals surface area contributed by atoms with Crippen molar-refractivity contribution in [2.45, 2.75) is 50.6 Å². The van der Waals surface area contributed by atoms with E-state index in [0.29, 0.717) is 29.5 Å². The highest BCUT2D eigenvalue weighted by atomic mass is 35.5. The van der Waals surface area contributed by atoms with Crippen LogP contribution >= 0.6 is 11.6 Å². The zero-order valence-corrected chi connectivity index (χ0v) is 27.0. The molecule has 4 aromatic carbocycles. The SMILES string of the molecule is CCCCNC(=O)[C@H](CC)N(Cc1ccc(Cl)cc1)C(=O)CN(c1ccc(Oc2ccccc2)cc1)S(=O)(=O)c1ccccc1. The maximum absolute atomic E-state index is 14.2. The number of sulfonamides is 1. The Kier molecular flexibility index (Phi) is 12.0. The normalized spacial score (nSPS) is 11.8. The number of ether oxygens (including phenoxy) is 1. The van der Waals surface area contributed by atoms with E-state index < -0.39 is 28.5 Å². The average Bonchev–Trinajstić information content (AvgIpc) is 3.06. The third kappa shape index (κ3) is 9.09. The molecule has 1 N–H and O–H groups in total. The van der Waals surface area contributed by atoms with Gasteiger partial charge in [-0.15, -0.1) is 0 Å². The molecule has 10 heteroatoms. The maximum Gasteiger partial charge on any atom is 0.264 e. The molecule has 0 aliphatic carbocycles. The number of nitrogens with zero attached hydrogens (tertiary/aromatic N) is 2. The Bertz CT molecular complexity index is 1630. The summed E-state index contributed by atoms with van der Waals surface area (Å²) in [5, 5.41) is 3.47. The first-order valence-corrected chi connectivity index (χ1v) is 16.8. The second kappa shape index (κ2) is 16.1. The smallest absolute Gasteiger partial charge is 0.264 e. The number of hydrogen-bond donors (Lipinski definition) is 1. The molecule has 4 rings (SSSR count). The number of unbranched alkanes of at least 4 members (excludes halogenated alkanes) is 1. The third-order valence-electron chi connectivity index (χ3n) is 7.20. The van der Waals surface area contributed by atoms with E-state index in [1.165, 1.54) is 17.0 Å². The van der Waals surface area contributed by atoms with Crippen molar-refractivity contribution in [3.05, 3.63) is 120 Å². The number of rotatable bonds is 15. The molecule has 0 unspecified atom stereocenters. The summed E-state index contributed by atoms with van der Waals surface area (Å²) in [6.45, 7) is 3.92. The molecule has 0 fully saturated rings. The van der Waals surface area contributed by atoms with Crippen LogP contribution in [0.3, 0.4) is 0 Å². The molecule has 1 atom stereocenters. The van der Waals surface area contributed by atoms with Crippen molar-refractivity contribution in [1.82, 2.24) is 10.2 Å².